The van der Waals surface area contributed by atoms with Crippen LogP contribution in [-0.4, -0.2) is 9.97 Å². The van der Waals surface area contributed by atoms with Gasteiger partial charge in [0.05, 0.1) is 11.9 Å². The van der Waals surface area contributed by atoms with E-state index in [2.05, 4.69) is 30.4 Å². The minimum atomic E-state index is 0.437. The Labute approximate surface area is 67.0 Å². The highest BCUT2D eigenvalue weighted by Crippen LogP contribution is 2.16. The van der Waals surface area contributed by atoms with Gasteiger partial charge in [-0.1, -0.05) is 20.4 Å². The molecular weight excluding hydrogens is 136 g/mol. The standard InChI is InChI=1S/C9H12N2/c1-7(2)8(3)9-6-10-4-5-11-9/h4-7H,3H2,1-2H3. The van der Waals surface area contributed by atoms with Crippen LogP contribution in [0.1, 0.15) is 19.5 Å². The van der Waals surface area contributed by atoms with Crippen molar-refractivity contribution in [3.8, 4) is 0 Å². The SMILES string of the molecule is C=C(c1cnccn1)C(C)C. The zero-order chi connectivity index (χ0) is 8.27. The van der Waals surface area contributed by atoms with Gasteiger partial charge in [0.1, 0.15) is 0 Å². The van der Waals surface area contributed by atoms with Gasteiger partial charge in [-0.05, 0) is 11.5 Å². The molecule has 0 radical (unpaired) electrons. The Morgan fingerprint density at radius 1 is 1.45 bits per heavy atom. The summed E-state index contributed by atoms with van der Waals surface area (Å²) < 4.78 is 0. The molecule has 58 valence electrons. The molecule has 1 rings (SSSR count). The van der Waals surface area contributed by atoms with E-state index in [4.69, 9.17) is 0 Å². The fraction of sp³-hybridized carbons (Fsp3) is 0.333. The number of allylic oxidation sites excluding steroid dienone is 1. The van der Waals surface area contributed by atoms with Crippen LogP contribution in [0.15, 0.2) is 25.2 Å². The fourth-order valence-corrected chi connectivity index (χ4v) is 0.761. The Morgan fingerprint density at radius 3 is 2.64 bits per heavy atom. The number of aromatic nitrogens is 2. The van der Waals surface area contributed by atoms with Gasteiger partial charge >= 0.3 is 0 Å². The highest BCUT2D eigenvalue weighted by Gasteiger charge is 2.03. The molecule has 0 saturated heterocycles. The molecular formula is C9H12N2. The van der Waals surface area contributed by atoms with Crippen molar-refractivity contribution < 1.29 is 0 Å². The molecule has 1 aromatic heterocycles. The summed E-state index contributed by atoms with van der Waals surface area (Å²) in [5, 5.41) is 0. The normalized spacial score (nSPS) is 10.1. The molecule has 11 heavy (non-hydrogen) atoms. The van der Waals surface area contributed by atoms with Crippen LogP contribution in [0.4, 0.5) is 0 Å². The van der Waals surface area contributed by atoms with Crippen LogP contribution in [0.25, 0.3) is 5.57 Å². The molecule has 0 bridgehead atoms. The quantitative estimate of drug-likeness (QED) is 0.642. The van der Waals surface area contributed by atoms with E-state index in [0.29, 0.717) is 5.92 Å². The summed E-state index contributed by atoms with van der Waals surface area (Å²) in [5.74, 6) is 0.437. The van der Waals surface area contributed by atoms with Gasteiger partial charge in [-0.2, -0.15) is 0 Å². The first-order valence-electron chi connectivity index (χ1n) is 3.67. The maximum Gasteiger partial charge on any atom is 0.0841 e. The van der Waals surface area contributed by atoms with Crippen molar-refractivity contribution in [3.05, 3.63) is 30.9 Å². The Balaban J connectivity index is 2.86. The molecule has 1 heterocycles. The van der Waals surface area contributed by atoms with Gasteiger partial charge in [0.15, 0.2) is 0 Å². The van der Waals surface area contributed by atoms with Crippen molar-refractivity contribution in [2.24, 2.45) is 5.92 Å². The van der Waals surface area contributed by atoms with E-state index < -0.39 is 0 Å². The van der Waals surface area contributed by atoms with Gasteiger partial charge < -0.3 is 0 Å². The number of hydrogen-bond acceptors (Lipinski definition) is 2. The predicted molar refractivity (Wildman–Crippen MR) is 45.9 cm³/mol. The second-order valence-corrected chi connectivity index (χ2v) is 2.77. The number of nitrogens with zero attached hydrogens (tertiary/aromatic N) is 2. The molecule has 0 aliphatic carbocycles. The van der Waals surface area contributed by atoms with E-state index in [9.17, 15) is 0 Å². The molecule has 0 spiro atoms. The van der Waals surface area contributed by atoms with Gasteiger partial charge in [-0.25, -0.2) is 0 Å². The van der Waals surface area contributed by atoms with E-state index in [1.165, 1.54) is 0 Å². The van der Waals surface area contributed by atoms with Crippen molar-refractivity contribution >= 4 is 5.57 Å². The van der Waals surface area contributed by atoms with Crippen LogP contribution < -0.4 is 0 Å². The molecule has 0 amide bonds. The largest absolute Gasteiger partial charge is 0.261 e. The van der Waals surface area contributed by atoms with Crippen molar-refractivity contribution in [1.82, 2.24) is 9.97 Å². The Morgan fingerprint density at radius 2 is 2.18 bits per heavy atom. The van der Waals surface area contributed by atoms with E-state index in [-0.39, 0.29) is 0 Å². The van der Waals surface area contributed by atoms with Crippen molar-refractivity contribution in [2.45, 2.75) is 13.8 Å². The lowest BCUT2D eigenvalue weighted by atomic mass is 10.0. The van der Waals surface area contributed by atoms with Crippen LogP contribution in [-0.2, 0) is 0 Å². The van der Waals surface area contributed by atoms with Crippen LogP contribution in [0.2, 0.25) is 0 Å². The second kappa shape index (κ2) is 3.28. The summed E-state index contributed by atoms with van der Waals surface area (Å²) in [5.41, 5.74) is 1.93. The summed E-state index contributed by atoms with van der Waals surface area (Å²) in [6, 6.07) is 0. The van der Waals surface area contributed by atoms with Crippen molar-refractivity contribution in [1.29, 1.82) is 0 Å². The smallest absolute Gasteiger partial charge is 0.0841 e. The third-order valence-electron chi connectivity index (χ3n) is 1.59. The zero-order valence-corrected chi connectivity index (χ0v) is 6.91. The topological polar surface area (TPSA) is 25.8 Å². The van der Waals surface area contributed by atoms with Gasteiger partial charge in [0.2, 0.25) is 0 Å². The van der Waals surface area contributed by atoms with Crippen LogP contribution in [0, 0.1) is 5.92 Å². The third kappa shape index (κ3) is 1.87. The average molecular weight is 148 g/mol. The average Bonchev–Trinajstić information content (AvgIpc) is 2.05. The maximum atomic E-state index is 4.14. The van der Waals surface area contributed by atoms with E-state index in [1.54, 1.807) is 18.6 Å². The first-order valence-corrected chi connectivity index (χ1v) is 3.67. The summed E-state index contributed by atoms with van der Waals surface area (Å²) in [4.78, 5) is 8.10. The highest BCUT2D eigenvalue weighted by molar-refractivity contribution is 5.60. The lowest BCUT2D eigenvalue weighted by Crippen LogP contribution is -1.94. The van der Waals surface area contributed by atoms with Crippen LogP contribution in [0.3, 0.4) is 0 Å². The summed E-state index contributed by atoms with van der Waals surface area (Å²) in [6.07, 6.45) is 5.09. The van der Waals surface area contributed by atoms with E-state index in [1.807, 2.05) is 0 Å². The first-order chi connectivity index (χ1) is 5.22. The van der Waals surface area contributed by atoms with Crippen molar-refractivity contribution in [3.63, 3.8) is 0 Å². The van der Waals surface area contributed by atoms with E-state index >= 15 is 0 Å². The van der Waals surface area contributed by atoms with Gasteiger partial charge in [-0.3, -0.25) is 9.97 Å². The Kier molecular flexibility index (Phi) is 2.36. The first kappa shape index (κ1) is 7.92. The molecule has 0 aliphatic heterocycles. The predicted octanol–water partition coefficient (Wildman–Crippen LogP) is 2.15. The number of rotatable bonds is 2. The molecule has 0 N–H and O–H groups in total. The summed E-state index contributed by atoms with van der Waals surface area (Å²) in [6.45, 7) is 8.11. The molecule has 2 heteroatoms. The lowest BCUT2D eigenvalue weighted by Gasteiger charge is -2.06. The van der Waals surface area contributed by atoms with Crippen LogP contribution >= 0.6 is 0 Å². The minimum absolute atomic E-state index is 0.437. The maximum absolute atomic E-state index is 4.14. The zero-order valence-electron chi connectivity index (χ0n) is 6.91. The molecule has 0 aliphatic rings. The third-order valence-corrected chi connectivity index (χ3v) is 1.59. The van der Waals surface area contributed by atoms with Crippen molar-refractivity contribution in [2.75, 3.05) is 0 Å². The molecule has 0 unspecified atom stereocenters. The second-order valence-electron chi connectivity index (χ2n) is 2.77. The molecule has 0 atom stereocenters. The summed E-state index contributed by atoms with van der Waals surface area (Å²) in [7, 11) is 0. The number of hydrogen-bond donors (Lipinski definition) is 0. The summed E-state index contributed by atoms with van der Waals surface area (Å²) >= 11 is 0. The van der Waals surface area contributed by atoms with Gasteiger partial charge in [0.25, 0.3) is 0 Å². The van der Waals surface area contributed by atoms with Crippen LogP contribution in [0.5, 0.6) is 0 Å². The lowest BCUT2D eigenvalue weighted by molar-refractivity contribution is 0.848. The minimum Gasteiger partial charge on any atom is -0.261 e. The molecule has 1 aromatic rings. The molecule has 2 nitrogen and oxygen atoms in total. The Bertz CT molecular complexity index is 239. The molecule has 0 saturated carbocycles. The van der Waals surface area contributed by atoms with Gasteiger partial charge in [-0.15, -0.1) is 0 Å². The fourth-order valence-electron chi connectivity index (χ4n) is 0.761. The Hall–Kier alpha value is -1.18. The van der Waals surface area contributed by atoms with Gasteiger partial charge in [0, 0.05) is 12.4 Å². The highest BCUT2D eigenvalue weighted by atomic mass is 14.8. The van der Waals surface area contributed by atoms with E-state index in [0.717, 1.165) is 11.3 Å². The monoisotopic (exact) mass is 148 g/mol. The molecule has 0 aromatic carbocycles. The molecule has 0 fully saturated rings.